The smallest absolute Gasteiger partial charge is 0.167 e. The highest BCUT2D eigenvalue weighted by atomic mass is 16.6. The molecule has 2 saturated carbocycles. The van der Waals surface area contributed by atoms with Crippen LogP contribution in [0.4, 0.5) is 0 Å². The first-order valence-corrected chi connectivity index (χ1v) is 4.76. The molecule has 0 unspecified atom stereocenters. The Hall–Kier alpha value is -0.120. The van der Waals surface area contributed by atoms with E-state index in [0.29, 0.717) is 12.3 Å². The van der Waals surface area contributed by atoms with Crippen LogP contribution in [0.15, 0.2) is 0 Å². The second-order valence-corrected chi connectivity index (χ2v) is 4.94. The molecular formula is C9H15NO2. The Balaban J connectivity index is 1.98. The lowest BCUT2D eigenvalue weighted by molar-refractivity contribution is -0.320. The highest BCUT2D eigenvalue weighted by molar-refractivity contribution is 5.07. The summed E-state index contributed by atoms with van der Waals surface area (Å²) in [6, 6.07) is 0. The third-order valence-corrected chi connectivity index (χ3v) is 3.55. The lowest BCUT2D eigenvalue weighted by Gasteiger charge is -2.58. The highest BCUT2D eigenvalue weighted by Crippen LogP contribution is 2.52. The monoisotopic (exact) mass is 169 g/mol. The van der Waals surface area contributed by atoms with Crippen LogP contribution < -0.4 is 5.73 Å². The fourth-order valence-corrected chi connectivity index (χ4v) is 3.51. The van der Waals surface area contributed by atoms with Crippen molar-refractivity contribution in [3.05, 3.63) is 0 Å². The van der Waals surface area contributed by atoms with Crippen LogP contribution in [0.1, 0.15) is 32.1 Å². The average molecular weight is 169 g/mol. The Morgan fingerprint density at radius 3 is 2.75 bits per heavy atom. The summed E-state index contributed by atoms with van der Waals surface area (Å²) >= 11 is 0. The maximum atomic E-state index is 9.97. The van der Waals surface area contributed by atoms with E-state index in [1.165, 1.54) is 0 Å². The summed E-state index contributed by atoms with van der Waals surface area (Å²) in [5, 5.41) is 9.97. The first-order valence-electron chi connectivity index (χ1n) is 4.76. The van der Waals surface area contributed by atoms with Gasteiger partial charge in [-0.05, 0) is 25.2 Å². The first kappa shape index (κ1) is 7.30. The Kier molecular flexibility index (Phi) is 1.13. The Labute approximate surface area is 71.9 Å². The number of aliphatic hydroxyl groups is 1. The summed E-state index contributed by atoms with van der Waals surface area (Å²) < 4.78 is 5.55. The van der Waals surface area contributed by atoms with E-state index in [-0.39, 0.29) is 11.6 Å². The summed E-state index contributed by atoms with van der Waals surface area (Å²) in [7, 11) is 0. The van der Waals surface area contributed by atoms with Gasteiger partial charge in [0, 0.05) is 18.4 Å². The summed E-state index contributed by atoms with van der Waals surface area (Å²) in [5.74, 6) is -0.250. The Morgan fingerprint density at radius 2 is 2.17 bits per heavy atom. The zero-order chi connectivity index (χ0) is 8.40. The van der Waals surface area contributed by atoms with Crippen molar-refractivity contribution in [1.82, 2.24) is 0 Å². The molecule has 4 fully saturated rings. The van der Waals surface area contributed by atoms with Gasteiger partial charge < -0.3 is 15.6 Å². The molecule has 0 aromatic carbocycles. The van der Waals surface area contributed by atoms with E-state index in [0.717, 1.165) is 25.7 Å². The van der Waals surface area contributed by atoms with E-state index in [1.54, 1.807) is 0 Å². The Bertz CT molecular complexity index is 195. The molecule has 0 aromatic rings. The van der Waals surface area contributed by atoms with E-state index in [4.69, 9.17) is 10.5 Å². The normalized spacial score (nSPS) is 62.5. The van der Waals surface area contributed by atoms with E-state index < -0.39 is 5.79 Å². The van der Waals surface area contributed by atoms with E-state index in [1.807, 2.05) is 0 Å². The van der Waals surface area contributed by atoms with E-state index in [2.05, 4.69) is 0 Å². The molecule has 4 atom stereocenters. The van der Waals surface area contributed by atoms with Crippen LogP contribution in [-0.2, 0) is 4.74 Å². The second-order valence-electron chi connectivity index (χ2n) is 4.94. The molecule has 3 N–H and O–H groups in total. The highest BCUT2D eigenvalue weighted by Gasteiger charge is 2.56. The SMILES string of the molecule is N[C@]12C[C@@H]3C[C@H](C1)O[C@@](O)(C3)C2. The molecule has 0 aromatic heterocycles. The molecule has 3 nitrogen and oxygen atoms in total. The maximum absolute atomic E-state index is 9.97. The van der Waals surface area contributed by atoms with Crippen molar-refractivity contribution in [2.24, 2.45) is 11.7 Å². The van der Waals surface area contributed by atoms with Crippen LogP contribution in [0.3, 0.4) is 0 Å². The molecule has 0 amide bonds. The molecule has 2 saturated heterocycles. The number of rotatable bonds is 0. The van der Waals surface area contributed by atoms with Gasteiger partial charge in [0.25, 0.3) is 0 Å². The standard InChI is InChI=1S/C9H15NO2/c10-8-2-6-1-7(4-8)12-9(11,3-6)5-8/h6-7,11H,1-5,10H2/t6-,7+,8+,9-/m0/s1. The van der Waals surface area contributed by atoms with Crippen molar-refractivity contribution in [2.45, 2.75) is 49.5 Å². The zero-order valence-electron chi connectivity index (χ0n) is 7.12. The van der Waals surface area contributed by atoms with Crippen molar-refractivity contribution in [3.63, 3.8) is 0 Å². The van der Waals surface area contributed by atoms with Crippen molar-refractivity contribution in [1.29, 1.82) is 0 Å². The molecule has 0 spiro atoms. The molecular weight excluding hydrogens is 154 g/mol. The minimum Gasteiger partial charge on any atom is -0.365 e. The topological polar surface area (TPSA) is 55.5 Å². The fraction of sp³-hybridized carbons (Fsp3) is 1.00. The minimum absolute atomic E-state index is 0.112. The van der Waals surface area contributed by atoms with Crippen LogP contribution in [0, 0.1) is 5.92 Å². The van der Waals surface area contributed by atoms with Crippen molar-refractivity contribution >= 4 is 0 Å². The summed E-state index contributed by atoms with van der Waals surface area (Å²) in [6.45, 7) is 0. The van der Waals surface area contributed by atoms with Crippen LogP contribution in [0.5, 0.6) is 0 Å². The van der Waals surface area contributed by atoms with Crippen LogP contribution in [0.25, 0.3) is 0 Å². The van der Waals surface area contributed by atoms with E-state index >= 15 is 0 Å². The maximum Gasteiger partial charge on any atom is 0.167 e. The zero-order valence-corrected chi connectivity index (χ0v) is 7.12. The first-order chi connectivity index (χ1) is 5.57. The van der Waals surface area contributed by atoms with Gasteiger partial charge in [-0.1, -0.05) is 0 Å². The molecule has 2 heterocycles. The summed E-state index contributed by atoms with van der Waals surface area (Å²) in [5.41, 5.74) is 6.05. The predicted molar refractivity (Wildman–Crippen MR) is 43.3 cm³/mol. The van der Waals surface area contributed by atoms with Crippen LogP contribution in [-0.4, -0.2) is 22.5 Å². The van der Waals surface area contributed by atoms with Gasteiger partial charge in [-0.15, -0.1) is 0 Å². The van der Waals surface area contributed by atoms with Gasteiger partial charge >= 0.3 is 0 Å². The molecule has 2 aliphatic carbocycles. The summed E-state index contributed by atoms with van der Waals surface area (Å²) in [6.07, 6.45) is 4.85. The number of hydrogen-bond donors (Lipinski definition) is 2. The number of ether oxygens (including phenoxy) is 1. The average Bonchev–Trinajstić information content (AvgIpc) is 1.75. The van der Waals surface area contributed by atoms with Gasteiger partial charge in [0.05, 0.1) is 6.10 Å². The van der Waals surface area contributed by atoms with Gasteiger partial charge in [0.15, 0.2) is 5.79 Å². The third kappa shape index (κ3) is 0.873. The number of hydrogen-bond acceptors (Lipinski definition) is 3. The molecule has 4 rings (SSSR count). The minimum atomic E-state index is -0.862. The van der Waals surface area contributed by atoms with Crippen LogP contribution >= 0.6 is 0 Å². The molecule has 12 heavy (non-hydrogen) atoms. The largest absolute Gasteiger partial charge is 0.365 e. The molecule has 3 heteroatoms. The second kappa shape index (κ2) is 1.86. The van der Waals surface area contributed by atoms with Gasteiger partial charge in [-0.25, -0.2) is 0 Å². The Morgan fingerprint density at radius 1 is 1.33 bits per heavy atom. The van der Waals surface area contributed by atoms with Crippen LogP contribution in [0.2, 0.25) is 0 Å². The fourth-order valence-electron chi connectivity index (χ4n) is 3.51. The molecule has 4 aliphatic rings. The van der Waals surface area contributed by atoms with Gasteiger partial charge in [-0.3, -0.25) is 0 Å². The number of nitrogens with two attached hydrogens (primary N) is 1. The van der Waals surface area contributed by atoms with Crippen molar-refractivity contribution in [3.8, 4) is 0 Å². The predicted octanol–water partition coefficient (Wildman–Crippen LogP) is 0.365. The third-order valence-electron chi connectivity index (χ3n) is 3.55. The van der Waals surface area contributed by atoms with E-state index in [9.17, 15) is 5.11 Å². The molecule has 0 radical (unpaired) electrons. The van der Waals surface area contributed by atoms with Gasteiger partial charge in [0.1, 0.15) is 0 Å². The van der Waals surface area contributed by atoms with Gasteiger partial charge in [-0.2, -0.15) is 0 Å². The van der Waals surface area contributed by atoms with Crippen molar-refractivity contribution in [2.75, 3.05) is 0 Å². The molecule has 2 aliphatic heterocycles. The lowest BCUT2D eigenvalue weighted by atomic mass is 9.62. The van der Waals surface area contributed by atoms with Crippen molar-refractivity contribution < 1.29 is 9.84 Å². The quantitative estimate of drug-likeness (QED) is 0.550. The van der Waals surface area contributed by atoms with Gasteiger partial charge in [0.2, 0.25) is 0 Å². The molecule has 4 bridgehead atoms. The summed E-state index contributed by atoms with van der Waals surface area (Å²) in [4.78, 5) is 0. The molecule has 68 valence electrons. The lowest BCUT2D eigenvalue weighted by Crippen LogP contribution is -2.65.